The Morgan fingerprint density at radius 3 is 1.94 bits per heavy atom. The number of carbonyl (C=O) groups excluding carboxylic acids is 2. The van der Waals surface area contributed by atoms with Crippen LogP contribution in [0.3, 0.4) is 0 Å². The lowest BCUT2D eigenvalue weighted by Gasteiger charge is -2.19. The molecular formula is C41H68NO10P. The molecule has 0 aliphatic heterocycles. The normalized spacial score (nSPS) is 15.5. The van der Waals surface area contributed by atoms with Gasteiger partial charge in [-0.15, -0.1) is 0 Å². The Balaban J connectivity index is 4.48. The van der Waals surface area contributed by atoms with Crippen LogP contribution in [0.1, 0.15) is 117 Å². The van der Waals surface area contributed by atoms with Gasteiger partial charge in [0.2, 0.25) is 0 Å². The molecule has 53 heavy (non-hydrogen) atoms. The van der Waals surface area contributed by atoms with Crippen molar-refractivity contribution in [1.82, 2.24) is 0 Å². The summed E-state index contributed by atoms with van der Waals surface area (Å²) in [6, 6.07) is 0. The minimum Gasteiger partial charge on any atom is -0.462 e. The first kappa shape index (κ1) is 50.1. The van der Waals surface area contributed by atoms with Crippen molar-refractivity contribution < 1.29 is 47.8 Å². The van der Waals surface area contributed by atoms with Crippen LogP contribution in [0.2, 0.25) is 0 Å². The molecule has 0 aliphatic rings. The predicted octanol–water partition coefficient (Wildman–Crippen LogP) is 8.43. The van der Waals surface area contributed by atoms with Gasteiger partial charge in [-0.3, -0.25) is 18.6 Å². The smallest absolute Gasteiger partial charge is 0.462 e. The monoisotopic (exact) mass is 765 g/mol. The van der Waals surface area contributed by atoms with Gasteiger partial charge in [0.05, 0.1) is 25.4 Å². The first-order valence-electron chi connectivity index (χ1n) is 19.3. The number of nitrogens with two attached hydrogens (primary N) is 1. The summed E-state index contributed by atoms with van der Waals surface area (Å²) in [6.45, 7) is 3.24. The molecule has 0 saturated carbocycles. The zero-order valence-corrected chi connectivity index (χ0v) is 33.1. The maximum atomic E-state index is 12.5. The van der Waals surface area contributed by atoms with Crippen molar-refractivity contribution >= 4 is 19.8 Å². The average molecular weight is 766 g/mol. The highest BCUT2D eigenvalue weighted by Gasteiger charge is 2.25. The minimum absolute atomic E-state index is 0.0215. The minimum atomic E-state index is -4.42. The second-order valence-electron chi connectivity index (χ2n) is 12.5. The molecule has 1 unspecified atom stereocenters. The number of esters is 2. The molecule has 0 aromatic rings. The van der Waals surface area contributed by atoms with Gasteiger partial charge >= 0.3 is 19.8 Å². The van der Waals surface area contributed by atoms with Gasteiger partial charge in [0, 0.05) is 19.4 Å². The molecular weight excluding hydrogens is 697 g/mol. The zero-order valence-electron chi connectivity index (χ0n) is 32.2. The largest absolute Gasteiger partial charge is 0.472 e. The molecule has 0 radical (unpaired) electrons. The lowest BCUT2D eigenvalue weighted by atomic mass is 10.1. The van der Waals surface area contributed by atoms with E-state index in [1.165, 1.54) is 12.8 Å². The summed E-state index contributed by atoms with van der Waals surface area (Å²) in [7, 11) is -4.42. The lowest BCUT2D eigenvalue weighted by molar-refractivity contribution is -0.161. The van der Waals surface area contributed by atoms with E-state index in [1.54, 1.807) is 36.5 Å². The molecule has 0 aromatic carbocycles. The molecule has 0 amide bonds. The van der Waals surface area contributed by atoms with E-state index in [1.807, 2.05) is 43.4 Å². The predicted molar refractivity (Wildman–Crippen MR) is 213 cm³/mol. The molecule has 0 rings (SSSR count). The zero-order chi connectivity index (χ0) is 39.3. The van der Waals surface area contributed by atoms with Crippen LogP contribution in [0.4, 0.5) is 0 Å². The van der Waals surface area contributed by atoms with E-state index in [0.29, 0.717) is 32.1 Å². The number of allylic oxidation sites excluding steroid dienone is 10. The third kappa shape index (κ3) is 35.9. The summed E-state index contributed by atoms with van der Waals surface area (Å²) in [5.41, 5.74) is 5.31. The Morgan fingerprint density at radius 1 is 0.679 bits per heavy atom. The second-order valence-corrected chi connectivity index (χ2v) is 13.9. The van der Waals surface area contributed by atoms with E-state index < -0.39 is 44.7 Å². The molecule has 0 saturated heterocycles. The van der Waals surface area contributed by atoms with Crippen LogP contribution in [0.5, 0.6) is 0 Å². The van der Waals surface area contributed by atoms with Crippen molar-refractivity contribution in [3.8, 4) is 0 Å². The lowest BCUT2D eigenvalue weighted by Crippen LogP contribution is -2.29. The molecule has 0 aliphatic carbocycles. The maximum absolute atomic E-state index is 12.5. The number of hydrogen-bond acceptors (Lipinski definition) is 10. The molecule has 302 valence electrons. The van der Waals surface area contributed by atoms with Crippen molar-refractivity contribution in [2.45, 2.75) is 135 Å². The molecule has 0 bridgehead atoms. The first-order chi connectivity index (χ1) is 25.6. The van der Waals surface area contributed by atoms with E-state index in [9.17, 15) is 29.3 Å². The Labute approximate surface area is 319 Å². The number of aliphatic hydroxyl groups excluding tert-OH is 2. The number of phosphoric acid groups is 1. The fourth-order valence-electron chi connectivity index (χ4n) is 4.52. The van der Waals surface area contributed by atoms with Crippen molar-refractivity contribution in [2.75, 3.05) is 26.4 Å². The SMILES string of the molecule is CC/C=C\C[C@@H](O)/C=C/C=C\C=C\[C@@H](O)C/C=C\C/C=C\CCC(=O)OC[C@H](COP(=O)(O)OCCN)OC(=O)CCCCCCC/C=C\CCCC. The van der Waals surface area contributed by atoms with Gasteiger partial charge in [0.1, 0.15) is 6.61 Å². The van der Waals surface area contributed by atoms with Gasteiger partial charge in [0.25, 0.3) is 0 Å². The third-order valence-corrected chi connectivity index (χ3v) is 8.43. The molecule has 4 atom stereocenters. The van der Waals surface area contributed by atoms with Crippen molar-refractivity contribution in [3.05, 3.63) is 85.1 Å². The highest BCUT2D eigenvalue weighted by Crippen LogP contribution is 2.43. The third-order valence-electron chi connectivity index (χ3n) is 7.44. The Morgan fingerprint density at radius 2 is 1.28 bits per heavy atom. The average Bonchev–Trinajstić information content (AvgIpc) is 3.13. The summed E-state index contributed by atoms with van der Waals surface area (Å²) >= 11 is 0. The second kappa shape index (κ2) is 36.1. The van der Waals surface area contributed by atoms with E-state index in [4.69, 9.17) is 24.3 Å². The van der Waals surface area contributed by atoms with E-state index >= 15 is 0 Å². The van der Waals surface area contributed by atoms with Gasteiger partial charge in [-0.25, -0.2) is 4.57 Å². The van der Waals surface area contributed by atoms with Crippen LogP contribution in [-0.4, -0.2) is 71.7 Å². The Kier molecular flexibility index (Phi) is 34.1. The van der Waals surface area contributed by atoms with Crippen LogP contribution in [-0.2, 0) is 32.7 Å². The highest BCUT2D eigenvalue weighted by molar-refractivity contribution is 7.47. The van der Waals surface area contributed by atoms with Crippen molar-refractivity contribution in [3.63, 3.8) is 0 Å². The fraction of sp³-hybridized carbons (Fsp3) is 0.610. The quantitative estimate of drug-likeness (QED) is 0.0163. The molecule has 11 nitrogen and oxygen atoms in total. The summed E-state index contributed by atoms with van der Waals surface area (Å²) in [5, 5.41) is 19.9. The molecule has 0 heterocycles. The fourth-order valence-corrected chi connectivity index (χ4v) is 5.28. The Bertz CT molecular complexity index is 1180. The maximum Gasteiger partial charge on any atom is 0.472 e. The van der Waals surface area contributed by atoms with Crippen LogP contribution in [0.25, 0.3) is 0 Å². The molecule has 0 aromatic heterocycles. The number of hydrogen-bond donors (Lipinski definition) is 4. The van der Waals surface area contributed by atoms with Crippen LogP contribution in [0, 0.1) is 0 Å². The standard InChI is InChI=1S/C41H68NO10P/c1-3-5-7-8-9-10-11-12-13-18-26-32-41(46)52-39(36-51-53(47,48)50-34-33-42)35-49-40(45)31-25-17-15-14-16-22-28-38(44)30-24-20-19-23-29-37(43)27-21-6-4-2/h6,8-9,15-17,19-24,29-30,37-39,43-44H,3-5,7,10-14,18,25-28,31-36,42H2,1-2H3,(H,47,48)/b9-8-,17-15-,20-19-,21-6-,22-16-,29-23+,30-24+/t37-,38+,39-/m1/s1. The van der Waals surface area contributed by atoms with E-state index in [-0.39, 0.29) is 32.6 Å². The van der Waals surface area contributed by atoms with Gasteiger partial charge in [0.15, 0.2) is 6.10 Å². The number of ether oxygens (including phenoxy) is 2. The summed E-state index contributed by atoms with van der Waals surface area (Å²) < 4.78 is 32.5. The number of aliphatic hydroxyl groups is 2. The van der Waals surface area contributed by atoms with Crippen molar-refractivity contribution in [1.29, 1.82) is 0 Å². The van der Waals surface area contributed by atoms with Crippen LogP contribution in [0.15, 0.2) is 85.1 Å². The summed E-state index contributed by atoms with van der Waals surface area (Å²) in [5.74, 6) is -1.02. The summed E-state index contributed by atoms with van der Waals surface area (Å²) in [6.07, 6.45) is 37.0. The highest BCUT2D eigenvalue weighted by atomic mass is 31.2. The summed E-state index contributed by atoms with van der Waals surface area (Å²) in [4.78, 5) is 34.7. The van der Waals surface area contributed by atoms with Gasteiger partial charge in [-0.2, -0.15) is 0 Å². The first-order valence-corrected chi connectivity index (χ1v) is 20.8. The number of phosphoric ester groups is 1. The van der Waals surface area contributed by atoms with Gasteiger partial charge in [-0.1, -0.05) is 131 Å². The van der Waals surface area contributed by atoms with Crippen LogP contribution < -0.4 is 5.73 Å². The van der Waals surface area contributed by atoms with Crippen LogP contribution >= 0.6 is 7.82 Å². The number of carbonyl (C=O) groups is 2. The topological polar surface area (TPSA) is 175 Å². The molecule has 0 spiro atoms. The Hall–Kier alpha value is -2.89. The van der Waals surface area contributed by atoms with Gasteiger partial charge in [-0.05, 0) is 57.8 Å². The number of rotatable bonds is 34. The molecule has 5 N–H and O–H groups in total. The molecule has 0 fully saturated rings. The number of unbranched alkanes of at least 4 members (excludes halogenated alkanes) is 7. The van der Waals surface area contributed by atoms with Crippen molar-refractivity contribution in [2.24, 2.45) is 5.73 Å². The molecule has 12 heteroatoms. The van der Waals surface area contributed by atoms with Gasteiger partial charge < -0.3 is 30.3 Å². The van der Waals surface area contributed by atoms with E-state index in [0.717, 1.165) is 44.9 Å². The van der Waals surface area contributed by atoms with E-state index in [2.05, 4.69) is 19.1 Å².